The molecule has 3 rings (SSSR count). The number of hydrogen-bond acceptors (Lipinski definition) is 3. The van der Waals surface area contributed by atoms with Crippen LogP contribution in [0.25, 0.3) is 0 Å². The van der Waals surface area contributed by atoms with Gasteiger partial charge in [-0.1, -0.05) is 17.7 Å². The van der Waals surface area contributed by atoms with Crippen LogP contribution < -0.4 is 15.8 Å². The minimum atomic E-state index is -0.524. The monoisotopic (exact) mass is 385 g/mol. The van der Waals surface area contributed by atoms with Gasteiger partial charge in [-0.15, -0.1) is 0 Å². The average Bonchev–Trinajstić information content (AvgIpc) is 3.01. The van der Waals surface area contributed by atoms with Gasteiger partial charge in [-0.2, -0.15) is 0 Å². The van der Waals surface area contributed by atoms with Crippen molar-refractivity contribution in [2.75, 3.05) is 11.4 Å². The van der Waals surface area contributed by atoms with E-state index in [9.17, 15) is 14.4 Å². The molecule has 0 saturated carbocycles. The fourth-order valence-electron chi connectivity index (χ4n) is 3.13. The highest BCUT2D eigenvalue weighted by molar-refractivity contribution is 6.30. The number of carbonyl (C=O) groups excluding carboxylic acids is 3. The van der Waals surface area contributed by atoms with Gasteiger partial charge in [-0.3, -0.25) is 25.2 Å². The molecule has 1 saturated heterocycles. The SMILES string of the molecule is Cc1cc(C)cc(N2C[C@H](C(=O)NNC(=O)c3ccc(Cl)cc3)CC2=O)c1. The summed E-state index contributed by atoms with van der Waals surface area (Å²) in [4.78, 5) is 38.4. The molecule has 7 heteroatoms. The number of carbonyl (C=O) groups is 3. The maximum Gasteiger partial charge on any atom is 0.269 e. The van der Waals surface area contributed by atoms with Crippen molar-refractivity contribution in [3.05, 3.63) is 64.2 Å². The Labute approximate surface area is 162 Å². The molecule has 0 aromatic heterocycles. The van der Waals surface area contributed by atoms with Crippen LogP contribution in [0.5, 0.6) is 0 Å². The van der Waals surface area contributed by atoms with Gasteiger partial charge in [0.15, 0.2) is 0 Å². The summed E-state index contributed by atoms with van der Waals surface area (Å²) in [6, 6.07) is 12.2. The number of hydrazine groups is 1. The molecular formula is C20H20ClN3O3. The van der Waals surface area contributed by atoms with Crippen LogP contribution in [0.3, 0.4) is 0 Å². The lowest BCUT2D eigenvalue weighted by atomic mass is 10.1. The predicted molar refractivity (Wildman–Crippen MR) is 103 cm³/mol. The molecule has 2 aromatic rings. The second-order valence-corrected chi connectivity index (χ2v) is 7.14. The van der Waals surface area contributed by atoms with Crippen LogP contribution in [0.1, 0.15) is 27.9 Å². The molecule has 0 unspecified atom stereocenters. The number of amides is 3. The normalized spacial score (nSPS) is 16.3. The van der Waals surface area contributed by atoms with Gasteiger partial charge in [-0.05, 0) is 61.4 Å². The molecular weight excluding hydrogens is 366 g/mol. The molecule has 0 aliphatic carbocycles. The lowest BCUT2D eigenvalue weighted by molar-refractivity contribution is -0.126. The van der Waals surface area contributed by atoms with Gasteiger partial charge < -0.3 is 4.90 Å². The third-order valence-corrected chi connectivity index (χ3v) is 4.67. The first-order chi connectivity index (χ1) is 12.8. The lowest BCUT2D eigenvalue weighted by Crippen LogP contribution is -2.45. The van der Waals surface area contributed by atoms with Crippen LogP contribution in [0.15, 0.2) is 42.5 Å². The van der Waals surface area contributed by atoms with E-state index < -0.39 is 17.7 Å². The first kappa shape index (κ1) is 18.9. The van der Waals surface area contributed by atoms with Gasteiger partial charge >= 0.3 is 0 Å². The van der Waals surface area contributed by atoms with E-state index in [2.05, 4.69) is 10.9 Å². The van der Waals surface area contributed by atoms with Crippen LogP contribution in [-0.4, -0.2) is 24.3 Å². The van der Waals surface area contributed by atoms with Gasteiger partial charge in [-0.25, -0.2) is 0 Å². The smallest absolute Gasteiger partial charge is 0.269 e. The van der Waals surface area contributed by atoms with Crippen molar-refractivity contribution in [1.29, 1.82) is 0 Å². The van der Waals surface area contributed by atoms with Crippen molar-refractivity contribution in [2.45, 2.75) is 20.3 Å². The van der Waals surface area contributed by atoms with E-state index in [-0.39, 0.29) is 18.9 Å². The minimum absolute atomic E-state index is 0.107. The number of aryl methyl sites for hydroxylation is 2. The second kappa shape index (κ2) is 7.80. The van der Waals surface area contributed by atoms with Crippen LogP contribution in [0.4, 0.5) is 5.69 Å². The van der Waals surface area contributed by atoms with Crippen molar-refractivity contribution >= 4 is 35.0 Å². The maximum absolute atomic E-state index is 12.4. The quantitative estimate of drug-likeness (QED) is 0.797. The number of hydrogen-bond donors (Lipinski definition) is 2. The Balaban J connectivity index is 1.60. The van der Waals surface area contributed by atoms with E-state index in [0.29, 0.717) is 10.6 Å². The summed E-state index contributed by atoms with van der Waals surface area (Å²) >= 11 is 5.79. The zero-order valence-electron chi connectivity index (χ0n) is 15.1. The molecule has 140 valence electrons. The highest BCUT2D eigenvalue weighted by Gasteiger charge is 2.35. The van der Waals surface area contributed by atoms with Crippen LogP contribution >= 0.6 is 11.6 Å². The Morgan fingerprint density at radius 2 is 1.67 bits per heavy atom. The molecule has 3 amide bonds. The van der Waals surface area contributed by atoms with E-state index in [1.165, 1.54) is 0 Å². The summed E-state index contributed by atoms with van der Waals surface area (Å²) < 4.78 is 0. The van der Waals surface area contributed by atoms with E-state index in [1.54, 1.807) is 29.2 Å². The van der Waals surface area contributed by atoms with Crippen LogP contribution in [-0.2, 0) is 9.59 Å². The summed E-state index contributed by atoms with van der Waals surface area (Å²) in [5, 5.41) is 0.520. The van der Waals surface area contributed by atoms with Crippen LogP contribution in [0, 0.1) is 19.8 Å². The van der Waals surface area contributed by atoms with Crippen LogP contribution in [0.2, 0.25) is 5.02 Å². The standard InChI is InChI=1S/C20H20ClN3O3/c1-12-7-13(2)9-17(8-12)24-11-15(10-18(24)25)20(27)23-22-19(26)14-3-5-16(21)6-4-14/h3-9,15H,10-11H2,1-2H3,(H,22,26)(H,23,27)/t15-/m1/s1. The Bertz CT molecular complexity index is 876. The lowest BCUT2D eigenvalue weighted by Gasteiger charge is -2.18. The largest absolute Gasteiger partial charge is 0.312 e. The topological polar surface area (TPSA) is 78.5 Å². The molecule has 0 spiro atoms. The number of benzene rings is 2. The number of rotatable bonds is 3. The zero-order chi connectivity index (χ0) is 19.6. The molecule has 2 N–H and O–H groups in total. The molecule has 1 aliphatic rings. The van der Waals surface area contributed by atoms with E-state index >= 15 is 0 Å². The van der Waals surface area contributed by atoms with Gasteiger partial charge in [0, 0.05) is 29.2 Å². The number of anilines is 1. The Morgan fingerprint density at radius 1 is 1.04 bits per heavy atom. The van der Waals surface area contributed by atoms with Gasteiger partial charge in [0.05, 0.1) is 5.92 Å². The number of nitrogens with one attached hydrogen (secondary N) is 2. The molecule has 0 bridgehead atoms. The van der Waals surface area contributed by atoms with Crippen molar-refractivity contribution in [2.24, 2.45) is 5.92 Å². The molecule has 6 nitrogen and oxygen atoms in total. The second-order valence-electron chi connectivity index (χ2n) is 6.70. The van der Waals surface area contributed by atoms with E-state index in [1.807, 2.05) is 32.0 Å². The summed E-state index contributed by atoms with van der Waals surface area (Å²) in [6.07, 6.45) is 0.107. The fourth-order valence-corrected chi connectivity index (χ4v) is 3.26. The highest BCUT2D eigenvalue weighted by atomic mass is 35.5. The molecule has 0 radical (unpaired) electrons. The molecule has 2 aromatic carbocycles. The summed E-state index contributed by atoms with van der Waals surface area (Å²) in [7, 11) is 0. The summed E-state index contributed by atoms with van der Waals surface area (Å²) in [5.74, 6) is -1.47. The van der Waals surface area contributed by atoms with E-state index in [4.69, 9.17) is 11.6 Å². The highest BCUT2D eigenvalue weighted by Crippen LogP contribution is 2.27. The summed E-state index contributed by atoms with van der Waals surface area (Å²) in [6.45, 7) is 4.21. The summed E-state index contributed by atoms with van der Waals surface area (Å²) in [5.41, 5.74) is 8.05. The Hall–Kier alpha value is -2.86. The fraction of sp³-hybridized carbons (Fsp3) is 0.250. The number of nitrogens with zero attached hydrogens (tertiary/aromatic N) is 1. The molecule has 1 aliphatic heterocycles. The third-order valence-electron chi connectivity index (χ3n) is 4.42. The number of halogens is 1. The average molecular weight is 386 g/mol. The van der Waals surface area contributed by atoms with Crippen molar-refractivity contribution < 1.29 is 14.4 Å². The van der Waals surface area contributed by atoms with E-state index in [0.717, 1.165) is 16.8 Å². The van der Waals surface area contributed by atoms with Crippen molar-refractivity contribution in [3.63, 3.8) is 0 Å². The molecule has 1 atom stereocenters. The first-order valence-electron chi connectivity index (χ1n) is 8.58. The van der Waals surface area contributed by atoms with Gasteiger partial charge in [0.25, 0.3) is 5.91 Å². The zero-order valence-corrected chi connectivity index (χ0v) is 15.8. The Morgan fingerprint density at radius 3 is 2.30 bits per heavy atom. The predicted octanol–water partition coefficient (Wildman–Crippen LogP) is 2.77. The molecule has 1 fully saturated rings. The maximum atomic E-state index is 12.4. The van der Waals surface area contributed by atoms with Crippen molar-refractivity contribution in [1.82, 2.24) is 10.9 Å². The molecule has 27 heavy (non-hydrogen) atoms. The van der Waals surface area contributed by atoms with Gasteiger partial charge in [0.2, 0.25) is 11.8 Å². The third kappa shape index (κ3) is 4.46. The minimum Gasteiger partial charge on any atom is -0.312 e. The van der Waals surface area contributed by atoms with Crippen molar-refractivity contribution in [3.8, 4) is 0 Å². The Kier molecular flexibility index (Phi) is 5.46. The molecule has 1 heterocycles. The van der Waals surface area contributed by atoms with Gasteiger partial charge in [0.1, 0.15) is 0 Å². The first-order valence-corrected chi connectivity index (χ1v) is 8.95.